The highest BCUT2D eigenvalue weighted by Crippen LogP contribution is 2.22. The number of amides is 1. The molecule has 1 amide bonds. The number of carbonyl (C=O) groups is 2. The molecular formula is C13H12ClN3O3S. The number of aliphatic carboxylic acids is 1. The Labute approximate surface area is 129 Å². The summed E-state index contributed by atoms with van der Waals surface area (Å²) in [5, 5.41) is 11.6. The van der Waals surface area contributed by atoms with Crippen molar-refractivity contribution in [2.45, 2.75) is 6.54 Å². The van der Waals surface area contributed by atoms with E-state index in [0.717, 1.165) is 4.90 Å². The first-order valence-electron chi connectivity index (χ1n) is 5.95. The van der Waals surface area contributed by atoms with Gasteiger partial charge in [0.25, 0.3) is 5.91 Å². The largest absolute Gasteiger partial charge is 0.480 e. The fourth-order valence-electron chi connectivity index (χ4n) is 1.70. The molecule has 0 saturated heterocycles. The zero-order valence-corrected chi connectivity index (χ0v) is 12.4. The quantitative estimate of drug-likeness (QED) is 0.876. The van der Waals surface area contributed by atoms with Crippen LogP contribution in [-0.2, 0) is 11.3 Å². The van der Waals surface area contributed by atoms with Crippen molar-refractivity contribution in [1.82, 2.24) is 4.98 Å². The topological polar surface area (TPSA) is 96.5 Å². The van der Waals surface area contributed by atoms with Crippen molar-refractivity contribution in [1.29, 1.82) is 0 Å². The highest BCUT2D eigenvalue weighted by molar-refractivity contribution is 7.09. The van der Waals surface area contributed by atoms with Crippen molar-refractivity contribution in [3.8, 4) is 0 Å². The number of carboxylic acids is 1. The molecule has 0 aliphatic heterocycles. The number of hydrogen-bond acceptors (Lipinski definition) is 5. The van der Waals surface area contributed by atoms with Crippen LogP contribution in [0.1, 0.15) is 15.5 Å². The molecule has 0 saturated carbocycles. The van der Waals surface area contributed by atoms with Crippen molar-refractivity contribution in [2.24, 2.45) is 5.73 Å². The van der Waals surface area contributed by atoms with Crippen LogP contribution in [0.3, 0.4) is 0 Å². The summed E-state index contributed by atoms with van der Waals surface area (Å²) in [5.74, 6) is -1.63. The number of anilines is 1. The lowest BCUT2D eigenvalue weighted by Crippen LogP contribution is -2.36. The number of carbonyl (C=O) groups excluding carboxylic acids is 1. The molecule has 8 heteroatoms. The van der Waals surface area contributed by atoms with Crippen LogP contribution in [0, 0.1) is 0 Å². The number of halogens is 1. The van der Waals surface area contributed by atoms with E-state index >= 15 is 0 Å². The van der Waals surface area contributed by atoms with Gasteiger partial charge in [0, 0.05) is 22.6 Å². The molecule has 21 heavy (non-hydrogen) atoms. The maximum Gasteiger partial charge on any atom is 0.323 e. The standard InChI is InChI=1S/C13H12ClN3O3S/c14-8-2-1-3-9(4-8)17(6-12(18)19)13(20)10-7-21-11(5-15)16-10/h1-4,7H,5-6,15H2,(H,18,19). The molecular weight excluding hydrogens is 314 g/mol. The van der Waals surface area contributed by atoms with E-state index < -0.39 is 18.4 Å². The van der Waals surface area contributed by atoms with E-state index in [1.807, 2.05) is 0 Å². The van der Waals surface area contributed by atoms with Gasteiger partial charge in [-0.25, -0.2) is 4.98 Å². The molecule has 110 valence electrons. The highest BCUT2D eigenvalue weighted by Gasteiger charge is 2.22. The maximum absolute atomic E-state index is 12.4. The fourth-order valence-corrected chi connectivity index (χ4v) is 2.53. The lowest BCUT2D eigenvalue weighted by molar-refractivity contribution is -0.135. The first-order valence-corrected chi connectivity index (χ1v) is 7.20. The number of aromatic nitrogens is 1. The molecule has 0 unspecified atom stereocenters. The molecule has 0 atom stereocenters. The van der Waals surface area contributed by atoms with Gasteiger partial charge in [0.2, 0.25) is 0 Å². The van der Waals surface area contributed by atoms with Gasteiger partial charge in [0.1, 0.15) is 17.2 Å². The van der Waals surface area contributed by atoms with Gasteiger partial charge in [-0.05, 0) is 18.2 Å². The summed E-state index contributed by atoms with van der Waals surface area (Å²) in [6, 6.07) is 6.43. The molecule has 6 nitrogen and oxygen atoms in total. The number of rotatable bonds is 5. The third-order valence-electron chi connectivity index (χ3n) is 2.60. The van der Waals surface area contributed by atoms with E-state index in [1.165, 1.54) is 17.4 Å². The molecule has 0 aliphatic carbocycles. The summed E-state index contributed by atoms with van der Waals surface area (Å²) in [4.78, 5) is 28.6. The van der Waals surface area contributed by atoms with Crippen LogP contribution < -0.4 is 10.6 Å². The van der Waals surface area contributed by atoms with Crippen LogP contribution in [0.2, 0.25) is 5.02 Å². The van der Waals surface area contributed by atoms with Crippen molar-refractivity contribution >= 4 is 40.5 Å². The second kappa shape index (κ2) is 6.66. The van der Waals surface area contributed by atoms with Crippen LogP contribution in [0.25, 0.3) is 0 Å². The third kappa shape index (κ3) is 3.78. The second-order valence-electron chi connectivity index (χ2n) is 4.10. The van der Waals surface area contributed by atoms with Gasteiger partial charge in [0.15, 0.2) is 0 Å². The number of nitrogens with zero attached hydrogens (tertiary/aromatic N) is 2. The molecule has 2 rings (SSSR count). The molecule has 0 spiro atoms. The minimum atomic E-state index is -1.13. The number of benzene rings is 1. The van der Waals surface area contributed by atoms with Gasteiger partial charge in [-0.3, -0.25) is 14.5 Å². The molecule has 0 aliphatic rings. The minimum Gasteiger partial charge on any atom is -0.480 e. The van der Waals surface area contributed by atoms with Crippen LogP contribution in [0.15, 0.2) is 29.6 Å². The Hall–Kier alpha value is -1.96. The summed E-state index contributed by atoms with van der Waals surface area (Å²) < 4.78 is 0. The van der Waals surface area contributed by atoms with Gasteiger partial charge in [-0.15, -0.1) is 11.3 Å². The molecule has 2 aromatic rings. The molecule has 0 radical (unpaired) electrons. The van der Waals surface area contributed by atoms with Crippen LogP contribution in [0.4, 0.5) is 5.69 Å². The van der Waals surface area contributed by atoms with Gasteiger partial charge in [-0.1, -0.05) is 17.7 Å². The van der Waals surface area contributed by atoms with Crippen molar-refractivity contribution < 1.29 is 14.7 Å². The van der Waals surface area contributed by atoms with E-state index in [4.69, 9.17) is 22.4 Å². The maximum atomic E-state index is 12.4. The van der Waals surface area contributed by atoms with Crippen molar-refractivity contribution in [2.75, 3.05) is 11.4 Å². The van der Waals surface area contributed by atoms with E-state index in [1.54, 1.807) is 23.6 Å². The third-order valence-corrected chi connectivity index (χ3v) is 3.71. The van der Waals surface area contributed by atoms with Crippen molar-refractivity contribution in [3.63, 3.8) is 0 Å². The Balaban J connectivity index is 2.35. The summed E-state index contributed by atoms with van der Waals surface area (Å²) in [6.07, 6.45) is 0. The molecule has 0 bridgehead atoms. The Morgan fingerprint density at radius 2 is 2.19 bits per heavy atom. The monoisotopic (exact) mass is 325 g/mol. The zero-order chi connectivity index (χ0) is 15.4. The average Bonchev–Trinajstić information content (AvgIpc) is 2.92. The average molecular weight is 326 g/mol. The molecule has 1 aromatic heterocycles. The first-order chi connectivity index (χ1) is 10.0. The highest BCUT2D eigenvalue weighted by atomic mass is 35.5. The van der Waals surface area contributed by atoms with E-state index in [2.05, 4.69) is 4.98 Å². The Morgan fingerprint density at radius 1 is 1.43 bits per heavy atom. The molecule has 1 heterocycles. The minimum absolute atomic E-state index is 0.168. The Bertz CT molecular complexity index is 674. The van der Waals surface area contributed by atoms with Crippen LogP contribution >= 0.6 is 22.9 Å². The van der Waals surface area contributed by atoms with Gasteiger partial charge >= 0.3 is 5.97 Å². The van der Waals surface area contributed by atoms with E-state index in [0.29, 0.717) is 15.7 Å². The summed E-state index contributed by atoms with van der Waals surface area (Å²) >= 11 is 7.14. The lowest BCUT2D eigenvalue weighted by Gasteiger charge is -2.20. The number of thiazole rings is 1. The van der Waals surface area contributed by atoms with Gasteiger partial charge in [0.05, 0.1) is 0 Å². The van der Waals surface area contributed by atoms with Gasteiger partial charge in [-0.2, -0.15) is 0 Å². The van der Waals surface area contributed by atoms with Crippen molar-refractivity contribution in [3.05, 3.63) is 45.4 Å². The number of hydrogen-bond donors (Lipinski definition) is 2. The van der Waals surface area contributed by atoms with Gasteiger partial charge < -0.3 is 10.8 Å². The summed E-state index contributed by atoms with van der Waals surface area (Å²) in [5.41, 5.74) is 6.03. The van der Waals surface area contributed by atoms with E-state index in [-0.39, 0.29) is 12.2 Å². The fraction of sp³-hybridized carbons (Fsp3) is 0.154. The lowest BCUT2D eigenvalue weighted by atomic mass is 10.2. The predicted molar refractivity (Wildman–Crippen MR) is 80.8 cm³/mol. The zero-order valence-electron chi connectivity index (χ0n) is 10.8. The second-order valence-corrected chi connectivity index (χ2v) is 5.47. The SMILES string of the molecule is NCc1nc(C(=O)N(CC(=O)O)c2cccc(Cl)c2)cs1. The first kappa shape index (κ1) is 15.4. The smallest absolute Gasteiger partial charge is 0.323 e. The Kier molecular flexibility index (Phi) is 4.89. The molecule has 3 N–H and O–H groups in total. The summed E-state index contributed by atoms with van der Waals surface area (Å²) in [6.45, 7) is -0.247. The normalized spacial score (nSPS) is 10.4. The number of carboxylic acid groups (broad SMARTS) is 1. The van der Waals surface area contributed by atoms with Crippen LogP contribution in [0.5, 0.6) is 0 Å². The predicted octanol–water partition coefficient (Wildman–Crippen LogP) is 1.99. The molecule has 1 aromatic carbocycles. The van der Waals surface area contributed by atoms with E-state index in [9.17, 15) is 9.59 Å². The summed E-state index contributed by atoms with van der Waals surface area (Å²) in [7, 11) is 0. The number of nitrogens with two attached hydrogens (primary N) is 1. The Morgan fingerprint density at radius 3 is 2.76 bits per heavy atom. The van der Waals surface area contributed by atoms with Crippen LogP contribution in [-0.4, -0.2) is 28.5 Å². The molecule has 0 fully saturated rings.